The number of hydrogen-bond donors (Lipinski definition) is 0. The van der Waals surface area contributed by atoms with E-state index in [1.54, 1.807) is 25.3 Å². The fourth-order valence-electron chi connectivity index (χ4n) is 0.846. The molecule has 0 spiro atoms. The highest BCUT2D eigenvalue weighted by Gasteiger charge is 1.94. The molecule has 0 radical (unpaired) electrons. The van der Waals surface area contributed by atoms with E-state index < -0.39 is 0 Å². The molecule has 0 unspecified atom stereocenters. The molecule has 1 aromatic heterocycles. The fourth-order valence-corrected chi connectivity index (χ4v) is 1.46. The molecule has 74 valence electrons. The maximum Gasteiger partial charge on any atom is 0.186 e. The Labute approximate surface area is 92.4 Å². The summed E-state index contributed by atoms with van der Waals surface area (Å²) in [6.07, 6.45) is 5.38. The van der Waals surface area contributed by atoms with Gasteiger partial charge in [0.1, 0.15) is 0 Å². The van der Waals surface area contributed by atoms with Crippen molar-refractivity contribution in [1.29, 1.82) is 0 Å². The van der Waals surface area contributed by atoms with Gasteiger partial charge >= 0.3 is 0 Å². The molecular formula is C10H10ClNOS. The number of pyridine rings is 1. The van der Waals surface area contributed by atoms with Crippen LogP contribution in [-0.4, -0.2) is 15.9 Å². The lowest BCUT2D eigenvalue weighted by atomic mass is 10.3. The molecule has 14 heavy (non-hydrogen) atoms. The molecule has 0 N–H and O–H groups in total. The molecule has 0 aliphatic heterocycles. The Kier molecular flexibility index (Phi) is 4.70. The Morgan fingerprint density at radius 3 is 3.14 bits per heavy atom. The Bertz CT molecular complexity index is 352. The van der Waals surface area contributed by atoms with Gasteiger partial charge < -0.3 is 0 Å². The maximum absolute atomic E-state index is 10.6. The minimum Gasteiger partial charge on any atom is -0.288 e. The van der Waals surface area contributed by atoms with Gasteiger partial charge in [0, 0.05) is 18.9 Å². The van der Waals surface area contributed by atoms with E-state index in [-0.39, 0.29) is 5.12 Å². The van der Waals surface area contributed by atoms with Gasteiger partial charge in [-0.3, -0.25) is 9.78 Å². The number of carbonyl (C=O) groups is 1. The van der Waals surface area contributed by atoms with Gasteiger partial charge in [0.05, 0.1) is 10.7 Å². The van der Waals surface area contributed by atoms with E-state index in [0.717, 1.165) is 5.69 Å². The van der Waals surface area contributed by atoms with Crippen molar-refractivity contribution in [3.8, 4) is 0 Å². The molecule has 0 saturated heterocycles. The number of rotatable bonds is 3. The summed E-state index contributed by atoms with van der Waals surface area (Å²) in [6, 6.07) is 3.57. The second-order valence-electron chi connectivity index (χ2n) is 2.58. The molecule has 0 amide bonds. The van der Waals surface area contributed by atoms with Crippen molar-refractivity contribution >= 4 is 34.6 Å². The fraction of sp³-hybridized carbons (Fsp3) is 0.200. The monoisotopic (exact) mass is 227 g/mol. The van der Waals surface area contributed by atoms with Crippen LogP contribution in [0.5, 0.6) is 0 Å². The van der Waals surface area contributed by atoms with Crippen LogP contribution in [0, 0.1) is 0 Å². The summed E-state index contributed by atoms with van der Waals surface area (Å²) in [6.45, 7) is 1.55. The van der Waals surface area contributed by atoms with Crippen LogP contribution in [-0.2, 0) is 4.79 Å². The van der Waals surface area contributed by atoms with Crippen molar-refractivity contribution in [2.24, 2.45) is 0 Å². The standard InChI is InChI=1S/C10H10ClNOS/c1-8(13)14-7-3-5-10-9(11)4-2-6-12-10/h2-6H,7H2,1H3. The maximum atomic E-state index is 10.6. The van der Waals surface area contributed by atoms with Crippen molar-refractivity contribution in [3.05, 3.63) is 35.1 Å². The average Bonchev–Trinajstić information content (AvgIpc) is 2.15. The molecule has 0 aromatic carbocycles. The van der Waals surface area contributed by atoms with Crippen LogP contribution < -0.4 is 0 Å². The van der Waals surface area contributed by atoms with Crippen LogP contribution in [0.25, 0.3) is 6.08 Å². The van der Waals surface area contributed by atoms with E-state index in [1.165, 1.54) is 11.8 Å². The van der Waals surface area contributed by atoms with Crippen LogP contribution in [0.4, 0.5) is 0 Å². The molecule has 0 aliphatic rings. The van der Waals surface area contributed by atoms with Gasteiger partial charge in [-0.2, -0.15) is 0 Å². The van der Waals surface area contributed by atoms with Crippen molar-refractivity contribution in [2.45, 2.75) is 6.92 Å². The van der Waals surface area contributed by atoms with Gasteiger partial charge in [0.15, 0.2) is 5.12 Å². The minimum absolute atomic E-state index is 0.113. The third-order valence-corrected chi connectivity index (χ3v) is 2.53. The lowest BCUT2D eigenvalue weighted by Crippen LogP contribution is -1.83. The van der Waals surface area contributed by atoms with Crippen LogP contribution in [0.3, 0.4) is 0 Å². The predicted octanol–water partition coefficient (Wildman–Crippen LogP) is 3.03. The summed E-state index contributed by atoms with van der Waals surface area (Å²) in [5.41, 5.74) is 0.735. The molecule has 0 aliphatic carbocycles. The van der Waals surface area contributed by atoms with Gasteiger partial charge in [0.25, 0.3) is 0 Å². The molecule has 0 bridgehead atoms. The summed E-state index contributed by atoms with van der Waals surface area (Å²) in [5.74, 6) is 0.655. The third-order valence-electron chi connectivity index (χ3n) is 1.45. The number of carbonyl (C=O) groups excluding carboxylic acids is 1. The largest absolute Gasteiger partial charge is 0.288 e. The van der Waals surface area contributed by atoms with Crippen LogP contribution >= 0.6 is 23.4 Å². The quantitative estimate of drug-likeness (QED) is 0.795. The highest BCUT2D eigenvalue weighted by molar-refractivity contribution is 8.13. The van der Waals surface area contributed by atoms with Gasteiger partial charge in [-0.05, 0) is 18.2 Å². The Morgan fingerprint density at radius 1 is 1.71 bits per heavy atom. The molecule has 0 atom stereocenters. The summed E-state index contributed by atoms with van der Waals surface area (Å²) >= 11 is 7.14. The highest BCUT2D eigenvalue weighted by atomic mass is 35.5. The normalized spacial score (nSPS) is 10.7. The molecule has 0 saturated carbocycles. The van der Waals surface area contributed by atoms with Gasteiger partial charge in [-0.25, -0.2) is 0 Å². The van der Waals surface area contributed by atoms with E-state index in [4.69, 9.17) is 11.6 Å². The Balaban J connectivity index is 2.52. The number of thioether (sulfide) groups is 1. The zero-order valence-electron chi connectivity index (χ0n) is 7.74. The molecular weight excluding hydrogens is 218 g/mol. The number of nitrogens with zero attached hydrogens (tertiary/aromatic N) is 1. The van der Waals surface area contributed by atoms with Crippen LogP contribution in [0.15, 0.2) is 24.4 Å². The topological polar surface area (TPSA) is 30.0 Å². The Morgan fingerprint density at radius 2 is 2.50 bits per heavy atom. The van der Waals surface area contributed by atoms with E-state index in [9.17, 15) is 4.79 Å². The average molecular weight is 228 g/mol. The SMILES string of the molecule is CC(=O)SCC=Cc1ncccc1Cl. The summed E-state index contributed by atoms with van der Waals surface area (Å²) < 4.78 is 0. The second-order valence-corrected chi connectivity index (χ2v) is 4.18. The number of halogens is 1. The van der Waals surface area contributed by atoms with Gasteiger partial charge in [-0.1, -0.05) is 29.4 Å². The van der Waals surface area contributed by atoms with Gasteiger partial charge in [0.2, 0.25) is 0 Å². The first kappa shape index (κ1) is 11.3. The molecule has 0 fully saturated rings. The number of aromatic nitrogens is 1. The van der Waals surface area contributed by atoms with E-state index in [0.29, 0.717) is 10.8 Å². The number of hydrogen-bond acceptors (Lipinski definition) is 3. The zero-order valence-corrected chi connectivity index (χ0v) is 9.31. The lowest BCUT2D eigenvalue weighted by molar-refractivity contribution is -0.109. The van der Waals surface area contributed by atoms with E-state index in [2.05, 4.69) is 4.98 Å². The first-order valence-electron chi connectivity index (χ1n) is 4.10. The first-order chi connectivity index (χ1) is 6.70. The highest BCUT2D eigenvalue weighted by Crippen LogP contribution is 2.14. The van der Waals surface area contributed by atoms with Gasteiger partial charge in [-0.15, -0.1) is 0 Å². The molecule has 1 aromatic rings. The summed E-state index contributed by atoms with van der Waals surface area (Å²) in [4.78, 5) is 14.7. The second kappa shape index (κ2) is 5.83. The molecule has 1 rings (SSSR count). The first-order valence-corrected chi connectivity index (χ1v) is 5.47. The minimum atomic E-state index is 0.113. The molecule has 2 nitrogen and oxygen atoms in total. The van der Waals surface area contributed by atoms with Crippen molar-refractivity contribution < 1.29 is 4.79 Å². The van der Waals surface area contributed by atoms with Crippen LogP contribution in [0.1, 0.15) is 12.6 Å². The van der Waals surface area contributed by atoms with E-state index in [1.807, 2.05) is 12.2 Å². The predicted molar refractivity (Wildman–Crippen MR) is 61.4 cm³/mol. The lowest BCUT2D eigenvalue weighted by Gasteiger charge is -1.94. The summed E-state index contributed by atoms with van der Waals surface area (Å²) in [5, 5.41) is 0.735. The zero-order chi connectivity index (χ0) is 10.4. The smallest absolute Gasteiger partial charge is 0.186 e. The Hall–Kier alpha value is -0.800. The molecule has 4 heteroatoms. The van der Waals surface area contributed by atoms with Crippen molar-refractivity contribution in [2.75, 3.05) is 5.75 Å². The summed E-state index contributed by atoms with van der Waals surface area (Å²) in [7, 11) is 0. The van der Waals surface area contributed by atoms with Crippen molar-refractivity contribution in [1.82, 2.24) is 4.98 Å². The van der Waals surface area contributed by atoms with E-state index >= 15 is 0 Å². The molecule has 1 heterocycles. The van der Waals surface area contributed by atoms with Crippen LogP contribution in [0.2, 0.25) is 5.02 Å². The third kappa shape index (κ3) is 3.94. The van der Waals surface area contributed by atoms with Crippen molar-refractivity contribution in [3.63, 3.8) is 0 Å².